The first-order chi connectivity index (χ1) is 11.1. The SMILES string of the molecule is CCc1cc(C=O)cnc1-c1ccc(C(C)(O)C(F)(F)F)cc1C. The molecule has 3 nitrogen and oxygen atoms in total. The molecule has 0 spiro atoms. The molecule has 0 aliphatic carbocycles. The summed E-state index contributed by atoms with van der Waals surface area (Å²) in [6, 6.07) is 5.81. The van der Waals surface area contributed by atoms with E-state index in [1.807, 2.05) is 6.92 Å². The van der Waals surface area contributed by atoms with Gasteiger partial charge in [0.05, 0.1) is 5.69 Å². The molecular weight excluding hydrogens is 319 g/mol. The van der Waals surface area contributed by atoms with Gasteiger partial charge in [-0.05, 0) is 43.0 Å². The summed E-state index contributed by atoms with van der Waals surface area (Å²) >= 11 is 0. The highest BCUT2D eigenvalue weighted by Crippen LogP contribution is 2.39. The Morgan fingerprint density at radius 1 is 1.25 bits per heavy atom. The highest BCUT2D eigenvalue weighted by molar-refractivity contribution is 5.77. The van der Waals surface area contributed by atoms with E-state index < -0.39 is 11.8 Å². The minimum atomic E-state index is -4.76. The minimum absolute atomic E-state index is 0.223. The molecule has 1 aromatic heterocycles. The van der Waals surface area contributed by atoms with Crippen molar-refractivity contribution in [3.8, 4) is 11.3 Å². The molecule has 6 heteroatoms. The maximum Gasteiger partial charge on any atom is 0.421 e. The number of hydrogen-bond acceptors (Lipinski definition) is 3. The monoisotopic (exact) mass is 337 g/mol. The molecule has 0 amide bonds. The summed E-state index contributed by atoms with van der Waals surface area (Å²) in [4.78, 5) is 15.1. The number of rotatable bonds is 4. The van der Waals surface area contributed by atoms with Gasteiger partial charge in [-0.2, -0.15) is 13.2 Å². The van der Waals surface area contributed by atoms with Crippen molar-refractivity contribution in [3.63, 3.8) is 0 Å². The molecule has 1 atom stereocenters. The van der Waals surface area contributed by atoms with Crippen LogP contribution in [-0.2, 0) is 12.0 Å². The zero-order valence-electron chi connectivity index (χ0n) is 13.6. The van der Waals surface area contributed by atoms with E-state index in [2.05, 4.69) is 4.98 Å². The van der Waals surface area contributed by atoms with E-state index in [1.165, 1.54) is 24.4 Å². The fourth-order valence-electron chi connectivity index (χ4n) is 2.50. The molecule has 0 aliphatic heterocycles. The van der Waals surface area contributed by atoms with Gasteiger partial charge in [0.15, 0.2) is 11.9 Å². The van der Waals surface area contributed by atoms with E-state index in [-0.39, 0.29) is 5.56 Å². The lowest BCUT2D eigenvalue weighted by Crippen LogP contribution is -2.39. The number of pyridine rings is 1. The molecule has 0 saturated heterocycles. The van der Waals surface area contributed by atoms with Gasteiger partial charge in [0.25, 0.3) is 0 Å². The number of hydrogen-bond donors (Lipinski definition) is 1. The molecule has 0 aliphatic rings. The van der Waals surface area contributed by atoms with Crippen LogP contribution in [0.3, 0.4) is 0 Å². The molecule has 0 fully saturated rings. The van der Waals surface area contributed by atoms with E-state index in [4.69, 9.17) is 0 Å². The average Bonchev–Trinajstić information content (AvgIpc) is 2.53. The second-order valence-electron chi connectivity index (χ2n) is 5.85. The highest BCUT2D eigenvalue weighted by atomic mass is 19.4. The molecule has 0 saturated carbocycles. The van der Waals surface area contributed by atoms with Crippen LogP contribution in [0.1, 0.15) is 40.9 Å². The Bertz CT molecular complexity index is 767. The third kappa shape index (κ3) is 3.19. The number of benzene rings is 1. The number of aldehydes is 1. The van der Waals surface area contributed by atoms with Crippen LogP contribution in [0.25, 0.3) is 11.3 Å². The normalized spacial score (nSPS) is 14.3. The van der Waals surface area contributed by atoms with Crippen molar-refractivity contribution < 1.29 is 23.1 Å². The fourth-order valence-corrected chi connectivity index (χ4v) is 2.50. The van der Waals surface area contributed by atoms with E-state index in [9.17, 15) is 23.1 Å². The second-order valence-corrected chi connectivity index (χ2v) is 5.85. The number of aromatic nitrogens is 1. The first-order valence-electron chi connectivity index (χ1n) is 7.46. The Kier molecular flexibility index (Phi) is 4.80. The third-order valence-electron chi connectivity index (χ3n) is 4.10. The molecule has 128 valence electrons. The van der Waals surface area contributed by atoms with Crippen LogP contribution in [0.2, 0.25) is 0 Å². The number of halogens is 3. The van der Waals surface area contributed by atoms with Crippen LogP contribution in [0, 0.1) is 6.92 Å². The standard InChI is InChI=1S/C18H18F3NO2/c1-4-13-8-12(10-23)9-22-16(13)15-6-5-14(7-11(15)2)17(3,24)18(19,20)21/h5-10,24H,4H2,1-3H3. The number of aliphatic hydroxyl groups is 1. The number of carbonyl (C=O) groups is 1. The molecular formula is C18H18F3NO2. The molecule has 0 radical (unpaired) electrons. The lowest BCUT2D eigenvalue weighted by atomic mass is 9.90. The Balaban J connectivity index is 2.54. The highest BCUT2D eigenvalue weighted by Gasteiger charge is 2.51. The van der Waals surface area contributed by atoms with Crippen molar-refractivity contribution in [1.29, 1.82) is 0 Å². The maximum atomic E-state index is 13.0. The van der Waals surface area contributed by atoms with Crippen molar-refractivity contribution >= 4 is 6.29 Å². The van der Waals surface area contributed by atoms with Crippen LogP contribution in [0.15, 0.2) is 30.5 Å². The predicted octanol–water partition coefficient (Wildman–Crippen LogP) is 4.20. The van der Waals surface area contributed by atoms with E-state index >= 15 is 0 Å². The summed E-state index contributed by atoms with van der Waals surface area (Å²) in [5.41, 5.74) is 0.00297. The fraction of sp³-hybridized carbons (Fsp3) is 0.333. The first kappa shape index (κ1) is 18.1. The second kappa shape index (κ2) is 6.36. The van der Waals surface area contributed by atoms with Gasteiger partial charge in [0, 0.05) is 17.3 Å². The van der Waals surface area contributed by atoms with Crippen LogP contribution in [-0.4, -0.2) is 22.6 Å². The summed E-state index contributed by atoms with van der Waals surface area (Å²) in [5, 5.41) is 9.80. The molecule has 1 unspecified atom stereocenters. The van der Waals surface area contributed by atoms with Crippen LogP contribution >= 0.6 is 0 Å². The van der Waals surface area contributed by atoms with Gasteiger partial charge in [-0.3, -0.25) is 9.78 Å². The quantitative estimate of drug-likeness (QED) is 0.851. The first-order valence-corrected chi connectivity index (χ1v) is 7.46. The summed E-state index contributed by atoms with van der Waals surface area (Å²) in [5.74, 6) is 0. The third-order valence-corrected chi connectivity index (χ3v) is 4.10. The Labute approximate surface area is 138 Å². The van der Waals surface area contributed by atoms with Gasteiger partial charge in [-0.25, -0.2) is 0 Å². The Morgan fingerprint density at radius 3 is 2.42 bits per heavy atom. The smallest absolute Gasteiger partial charge is 0.376 e. The summed E-state index contributed by atoms with van der Waals surface area (Å²) in [6.07, 6.45) is -2.00. The van der Waals surface area contributed by atoms with Crippen LogP contribution in [0.4, 0.5) is 13.2 Å². The van der Waals surface area contributed by atoms with Gasteiger partial charge >= 0.3 is 6.18 Å². The van der Waals surface area contributed by atoms with Gasteiger partial charge in [-0.1, -0.05) is 25.1 Å². The predicted molar refractivity (Wildman–Crippen MR) is 84.8 cm³/mol. The topological polar surface area (TPSA) is 50.2 Å². The Morgan fingerprint density at radius 2 is 1.92 bits per heavy atom. The molecule has 2 rings (SSSR count). The van der Waals surface area contributed by atoms with E-state index in [1.54, 1.807) is 13.0 Å². The summed E-state index contributed by atoms with van der Waals surface area (Å²) in [7, 11) is 0. The molecule has 1 aromatic carbocycles. The number of aryl methyl sites for hydroxylation is 2. The number of nitrogens with zero attached hydrogens (tertiary/aromatic N) is 1. The van der Waals surface area contributed by atoms with Crippen LogP contribution in [0.5, 0.6) is 0 Å². The van der Waals surface area contributed by atoms with Crippen molar-refractivity contribution in [2.45, 2.75) is 39.0 Å². The number of carbonyl (C=O) groups excluding carboxylic acids is 1. The summed E-state index contributed by atoms with van der Waals surface area (Å²) < 4.78 is 38.9. The molecule has 1 heterocycles. The zero-order chi connectivity index (χ0) is 18.1. The molecule has 24 heavy (non-hydrogen) atoms. The van der Waals surface area contributed by atoms with Gasteiger partial charge in [-0.15, -0.1) is 0 Å². The van der Waals surface area contributed by atoms with Gasteiger partial charge in [0.2, 0.25) is 0 Å². The lowest BCUT2D eigenvalue weighted by molar-refractivity contribution is -0.258. The zero-order valence-corrected chi connectivity index (χ0v) is 13.6. The van der Waals surface area contributed by atoms with Gasteiger partial charge < -0.3 is 5.11 Å². The summed E-state index contributed by atoms with van der Waals surface area (Å²) in [6.45, 7) is 4.31. The minimum Gasteiger partial charge on any atom is -0.376 e. The van der Waals surface area contributed by atoms with Gasteiger partial charge in [0.1, 0.15) is 0 Å². The van der Waals surface area contributed by atoms with Crippen LogP contribution < -0.4 is 0 Å². The van der Waals surface area contributed by atoms with Crippen molar-refractivity contribution in [3.05, 3.63) is 52.7 Å². The maximum absolute atomic E-state index is 13.0. The van der Waals surface area contributed by atoms with Crippen molar-refractivity contribution in [2.75, 3.05) is 0 Å². The largest absolute Gasteiger partial charge is 0.421 e. The Hall–Kier alpha value is -2.21. The van der Waals surface area contributed by atoms with Crippen molar-refractivity contribution in [1.82, 2.24) is 4.98 Å². The molecule has 0 bridgehead atoms. The average molecular weight is 337 g/mol. The lowest BCUT2D eigenvalue weighted by Gasteiger charge is -2.27. The molecule has 1 N–H and O–H groups in total. The van der Waals surface area contributed by atoms with E-state index in [0.717, 1.165) is 12.5 Å². The number of alkyl halides is 3. The van der Waals surface area contributed by atoms with E-state index in [0.29, 0.717) is 35.1 Å². The molecule has 2 aromatic rings. The van der Waals surface area contributed by atoms with Crippen molar-refractivity contribution in [2.24, 2.45) is 0 Å².